The molecule has 0 aliphatic heterocycles. The van der Waals surface area contributed by atoms with Crippen LogP contribution in [0.4, 0.5) is 0 Å². The van der Waals surface area contributed by atoms with Crippen molar-refractivity contribution in [2.75, 3.05) is 19.4 Å². The molecule has 1 aromatic carbocycles. The third-order valence-electron chi connectivity index (χ3n) is 2.30. The fourth-order valence-corrected chi connectivity index (χ4v) is 2.50. The van der Waals surface area contributed by atoms with Crippen LogP contribution in [0.15, 0.2) is 23.1 Å². The highest BCUT2D eigenvalue weighted by Crippen LogP contribution is 2.35. The Kier molecular flexibility index (Phi) is 4.96. The predicted molar refractivity (Wildman–Crippen MR) is 71.6 cm³/mol. The van der Waals surface area contributed by atoms with E-state index in [-0.39, 0.29) is 5.41 Å². The van der Waals surface area contributed by atoms with Crippen molar-refractivity contribution in [3.8, 4) is 5.75 Å². The summed E-state index contributed by atoms with van der Waals surface area (Å²) in [4.78, 5) is 1.07. The Bertz CT molecular complexity index is 355. The van der Waals surface area contributed by atoms with E-state index in [0.717, 1.165) is 21.4 Å². The van der Waals surface area contributed by atoms with E-state index >= 15 is 0 Å². The molecule has 0 aromatic heterocycles. The maximum absolute atomic E-state index is 5.96. The van der Waals surface area contributed by atoms with Gasteiger partial charge in [-0.2, -0.15) is 0 Å². The number of nitrogens with two attached hydrogens (primary N) is 1. The number of rotatable bonds is 5. The summed E-state index contributed by atoms with van der Waals surface area (Å²) in [6.07, 6.45) is 0. The van der Waals surface area contributed by atoms with Gasteiger partial charge in [-0.1, -0.05) is 25.4 Å². The van der Waals surface area contributed by atoms with Crippen molar-refractivity contribution >= 4 is 23.4 Å². The molecule has 0 aliphatic rings. The van der Waals surface area contributed by atoms with E-state index < -0.39 is 0 Å². The smallest absolute Gasteiger partial charge is 0.132 e. The van der Waals surface area contributed by atoms with Gasteiger partial charge in [0, 0.05) is 10.8 Å². The third kappa shape index (κ3) is 3.89. The standard InChI is InChI=1S/C12H18ClNOS/c1-12(2,7-14)8-16-11-6-9(13)4-5-10(11)15-3/h4-6H,7-8,14H2,1-3H3. The largest absolute Gasteiger partial charge is 0.496 e. The molecule has 0 amide bonds. The number of halogens is 1. The lowest BCUT2D eigenvalue weighted by atomic mass is 9.97. The molecule has 0 saturated carbocycles. The van der Waals surface area contributed by atoms with Crippen LogP contribution < -0.4 is 10.5 Å². The normalized spacial score (nSPS) is 11.6. The summed E-state index contributed by atoms with van der Waals surface area (Å²) in [7, 11) is 1.67. The van der Waals surface area contributed by atoms with E-state index in [2.05, 4.69) is 13.8 Å². The summed E-state index contributed by atoms with van der Waals surface area (Å²) in [5.41, 5.74) is 5.82. The van der Waals surface area contributed by atoms with Gasteiger partial charge in [-0.25, -0.2) is 0 Å². The predicted octanol–water partition coefficient (Wildman–Crippen LogP) is 3.43. The molecule has 2 N–H and O–H groups in total. The van der Waals surface area contributed by atoms with Gasteiger partial charge in [-0.3, -0.25) is 0 Å². The quantitative estimate of drug-likeness (QED) is 0.823. The number of hydrogen-bond acceptors (Lipinski definition) is 3. The highest BCUT2D eigenvalue weighted by Gasteiger charge is 2.17. The number of thioether (sulfide) groups is 1. The Labute approximate surface area is 107 Å². The molecule has 0 fully saturated rings. The highest BCUT2D eigenvalue weighted by molar-refractivity contribution is 7.99. The molecule has 16 heavy (non-hydrogen) atoms. The van der Waals surface area contributed by atoms with Crippen molar-refractivity contribution in [2.24, 2.45) is 11.1 Å². The van der Waals surface area contributed by atoms with Gasteiger partial charge in [0.05, 0.1) is 12.0 Å². The number of methoxy groups -OCH3 is 1. The van der Waals surface area contributed by atoms with Gasteiger partial charge in [0.15, 0.2) is 0 Å². The Morgan fingerprint density at radius 1 is 1.44 bits per heavy atom. The minimum absolute atomic E-state index is 0.123. The number of ether oxygens (including phenoxy) is 1. The Hall–Kier alpha value is -0.380. The van der Waals surface area contributed by atoms with Crippen LogP contribution in [0.1, 0.15) is 13.8 Å². The molecule has 0 saturated heterocycles. The Morgan fingerprint density at radius 2 is 2.12 bits per heavy atom. The molecule has 0 bridgehead atoms. The fourth-order valence-electron chi connectivity index (χ4n) is 1.10. The van der Waals surface area contributed by atoms with Crippen LogP contribution in [0.3, 0.4) is 0 Å². The molecular formula is C12H18ClNOS. The van der Waals surface area contributed by atoms with Gasteiger partial charge in [0.1, 0.15) is 5.75 Å². The van der Waals surface area contributed by atoms with Crippen molar-refractivity contribution in [1.29, 1.82) is 0 Å². The molecule has 0 heterocycles. The SMILES string of the molecule is COc1ccc(Cl)cc1SCC(C)(C)CN. The first kappa shape index (κ1) is 13.7. The lowest BCUT2D eigenvalue weighted by molar-refractivity contribution is 0.404. The first-order valence-electron chi connectivity index (χ1n) is 5.15. The lowest BCUT2D eigenvalue weighted by Crippen LogP contribution is -2.25. The molecule has 0 spiro atoms. The van der Waals surface area contributed by atoms with Gasteiger partial charge in [0.2, 0.25) is 0 Å². The molecule has 0 aliphatic carbocycles. The zero-order chi connectivity index (χ0) is 12.2. The van der Waals surface area contributed by atoms with Gasteiger partial charge in [-0.15, -0.1) is 11.8 Å². The van der Waals surface area contributed by atoms with Crippen molar-refractivity contribution in [1.82, 2.24) is 0 Å². The van der Waals surface area contributed by atoms with E-state index in [1.807, 2.05) is 18.2 Å². The molecule has 90 valence electrons. The summed E-state index contributed by atoms with van der Waals surface area (Å²) in [5, 5.41) is 0.730. The van der Waals surface area contributed by atoms with E-state index in [9.17, 15) is 0 Å². The van der Waals surface area contributed by atoms with Crippen LogP contribution in [0, 0.1) is 5.41 Å². The molecule has 1 rings (SSSR count). The average molecular weight is 260 g/mol. The van der Waals surface area contributed by atoms with E-state index in [0.29, 0.717) is 6.54 Å². The second-order valence-corrected chi connectivity index (χ2v) is 5.91. The van der Waals surface area contributed by atoms with Crippen LogP contribution in [0.5, 0.6) is 5.75 Å². The monoisotopic (exact) mass is 259 g/mol. The molecule has 0 unspecified atom stereocenters. The topological polar surface area (TPSA) is 35.2 Å². The molecule has 2 nitrogen and oxygen atoms in total. The minimum atomic E-state index is 0.123. The third-order valence-corrected chi connectivity index (χ3v) is 4.09. The van der Waals surface area contributed by atoms with Crippen molar-refractivity contribution in [2.45, 2.75) is 18.7 Å². The van der Waals surface area contributed by atoms with Crippen LogP contribution >= 0.6 is 23.4 Å². The second-order valence-electron chi connectivity index (χ2n) is 4.45. The molecular weight excluding hydrogens is 242 g/mol. The van der Waals surface area contributed by atoms with E-state index in [1.165, 1.54) is 0 Å². The average Bonchev–Trinajstić information content (AvgIpc) is 2.27. The molecule has 0 atom stereocenters. The second kappa shape index (κ2) is 5.80. The van der Waals surface area contributed by atoms with Crippen molar-refractivity contribution in [3.63, 3.8) is 0 Å². The maximum atomic E-state index is 5.96. The molecule has 0 radical (unpaired) electrons. The first-order valence-corrected chi connectivity index (χ1v) is 6.51. The van der Waals surface area contributed by atoms with Crippen molar-refractivity contribution in [3.05, 3.63) is 23.2 Å². The fraction of sp³-hybridized carbons (Fsp3) is 0.500. The lowest BCUT2D eigenvalue weighted by Gasteiger charge is -2.22. The highest BCUT2D eigenvalue weighted by atomic mass is 35.5. The zero-order valence-corrected chi connectivity index (χ0v) is 11.5. The zero-order valence-electron chi connectivity index (χ0n) is 9.92. The van der Waals surface area contributed by atoms with Crippen molar-refractivity contribution < 1.29 is 4.74 Å². The van der Waals surface area contributed by atoms with Gasteiger partial charge >= 0.3 is 0 Å². The maximum Gasteiger partial charge on any atom is 0.132 e. The molecule has 4 heteroatoms. The number of benzene rings is 1. The van der Waals surface area contributed by atoms with E-state index in [4.69, 9.17) is 22.1 Å². The minimum Gasteiger partial charge on any atom is -0.496 e. The summed E-state index contributed by atoms with van der Waals surface area (Å²) in [5.74, 6) is 1.81. The van der Waals surface area contributed by atoms with Crippen LogP contribution in [-0.4, -0.2) is 19.4 Å². The summed E-state index contributed by atoms with van der Waals surface area (Å²) < 4.78 is 5.29. The van der Waals surface area contributed by atoms with E-state index in [1.54, 1.807) is 18.9 Å². The summed E-state index contributed by atoms with van der Waals surface area (Å²) in [6, 6.07) is 5.65. The first-order chi connectivity index (χ1) is 7.48. The Morgan fingerprint density at radius 3 is 2.69 bits per heavy atom. The molecule has 1 aromatic rings. The van der Waals surface area contributed by atoms with Gasteiger partial charge in [0.25, 0.3) is 0 Å². The summed E-state index contributed by atoms with van der Waals surface area (Å²) in [6.45, 7) is 4.97. The van der Waals surface area contributed by atoms with Gasteiger partial charge in [-0.05, 0) is 30.2 Å². The van der Waals surface area contributed by atoms with Crippen LogP contribution in [0.2, 0.25) is 5.02 Å². The number of hydrogen-bond donors (Lipinski definition) is 1. The summed E-state index contributed by atoms with van der Waals surface area (Å²) >= 11 is 7.69. The van der Waals surface area contributed by atoms with Crippen LogP contribution in [0.25, 0.3) is 0 Å². The van der Waals surface area contributed by atoms with Crippen LogP contribution in [-0.2, 0) is 0 Å². The van der Waals surface area contributed by atoms with Gasteiger partial charge < -0.3 is 10.5 Å². The Balaban J connectivity index is 2.76.